The molecule has 0 saturated carbocycles. The summed E-state index contributed by atoms with van der Waals surface area (Å²) in [6.45, 7) is 0. The van der Waals surface area contributed by atoms with Crippen LogP contribution in [0, 0.1) is 11.6 Å². The van der Waals surface area contributed by atoms with Gasteiger partial charge in [0, 0.05) is 17.4 Å². The molecule has 190 valence electrons. The van der Waals surface area contributed by atoms with Crippen molar-refractivity contribution in [3.05, 3.63) is 77.4 Å². The zero-order chi connectivity index (χ0) is 26.8. The highest BCUT2D eigenvalue weighted by molar-refractivity contribution is 7.93. The third-order valence-corrected chi connectivity index (χ3v) is 7.43. The Morgan fingerprint density at radius 3 is 1.67 bits per heavy atom. The van der Waals surface area contributed by atoms with Crippen LogP contribution in [0.1, 0.15) is 20.7 Å². The van der Waals surface area contributed by atoms with Gasteiger partial charge in [-0.1, -0.05) is 0 Å². The van der Waals surface area contributed by atoms with E-state index >= 15 is 0 Å². The molecule has 0 heterocycles. The molecule has 36 heavy (non-hydrogen) atoms. The highest BCUT2D eigenvalue weighted by Crippen LogP contribution is 2.30. The molecule has 15 heteroatoms. The molecule has 0 aliphatic heterocycles. The second-order valence-electron chi connectivity index (χ2n) is 7.02. The molecule has 3 aromatic rings. The van der Waals surface area contributed by atoms with E-state index in [1.807, 2.05) is 0 Å². The number of carboxylic acid groups (broad SMARTS) is 2. The van der Waals surface area contributed by atoms with Gasteiger partial charge in [0.1, 0.15) is 22.3 Å². The molecule has 0 radical (unpaired) electrons. The molecule has 0 bridgehead atoms. The first-order chi connectivity index (χ1) is 16.7. The van der Waals surface area contributed by atoms with Gasteiger partial charge in [-0.05, 0) is 48.5 Å². The van der Waals surface area contributed by atoms with E-state index in [1.54, 1.807) is 0 Å². The minimum atomic E-state index is -4.46. The van der Waals surface area contributed by atoms with E-state index in [9.17, 15) is 35.2 Å². The summed E-state index contributed by atoms with van der Waals surface area (Å²) in [6, 6.07) is 7.70. The fourth-order valence-electron chi connectivity index (χ4n) is 2.97. The molecular formula is C21H16F2N2O9S2. The predicted molar refractivity (Wildman–Crippen MR) is 121 cm³/mol. The van der Waals surface area contributed by atoms with Crippen LogP contribution in [0.15, 0.2) is 64.4 Å². The van der Waals surface area contributed by atoms with Crippen LogP contribution in [-0.2, 0) is 20.0 Å². The van der Waals surface area contributed by atoms with Crippen molar-refractivity contribution in [3.63, 3.8) is 0 Å². The maximum atomic E-state index is 13.6. The number of carbonyl (C=O) groups is 2. The monoisotopic (exact) mass is 542 g/mol. The normalized spacial score (nSPS) is 11.5. The molecular weight excluding hydrogens is 526 g/mol. The predicted octanol–water partition coefficient (Wildman–Crippen LogP) is 2.97. The molecule has 0 fully saturated rings. The number of hydrogen-bond donors (Lipinski definition) is 4. The molecule has 11 nitrogen and oxygen atoms in total. The van der Waals surface area contributed by atoms with Crippen LogP contribution in [0.2, 0.25) is 0 Å². The molecule has 4 N–H and O–H groups in total. The summed E-state index contributed by atoms with van der Waals surface area (Å²) >= 11 is 0. The van der Waals surface area contributed by atoms with Crippen LogP contribution in [0.4, 0.5) is 20.2 Å². The standard InChI is InChI=1S/C21H16F2N2O9S2/c1-34-18-10-13(35(30,31)24-11-2-5-16(22)14(8-11)20(26)27)4-7-19(18)36(32,33)25-12-3-6-17(23)15(9-12)21(28)29/h2-10,24-25H,1H3,(H,26,27)(H,28,29). The van der Waals surface area contributed by atoms with E-state index in [1.165, 1.54) is 0 Å². The number of sulfonamides is 2. The van der Waals surface area contributed by atoms with E-state index in [0.717, 1.165) is 61.7 Å². The van der Waals surface area contributed by atoms with Crippen LogP contribution in [0.3, 0.4) is 0 Å². The van der Waals surface area contributed by atoms with Gasteiger partial charge in [0.15, 0.2) is 0 Å². The lowest BCUT2D eigenvalue weighted by Crippen LogP contribution is -2.17. The third kappa shape index (κ3) is 5.52. The second-order valence-corrected chi connectivity index (χ2v) is 10.4. The molecule has 3 aromatic carbocycles. The molecule has 0 unspecified atom stereocenters. The van der Waals surface area contributed by atoms with Crippen molar-refractivity contribution in [1.29, 1.82) is 0 Å². The third-order valence-electron chi connectivity index (χ3n) is 4.63. The number of ether oxygens (including phenoxy) is 1. The first-order valence-electron chi connectivity index (χ1n) is 9.54. The van der Waals surface area contributed by atoms with Gasteiger partial charge in [-0.25, -0.2) is 35.2 Å². The Kier molecular flexibility index (Phi) is 7.17. The van der Waals surface area contributed by atoms with Crippen LogP contribution in [-0.4, -0.2) is 46.1 Å². The van der Waals surface area contributed by atoms with Crippen molar-refractivity contribution in [2.45, 2.75) is 9.79 Å². The Morgan fingerprint density at radius 1 is 0.750 bits per heavy atom. The van der Waals surface area contributed by atoms with E-state index in [0.29, 0.717) is 0 Å². The summed E-state index contributed by atoms with van der Waals surface area (Å²) in [7, 11) is -7.81. The maximum Gasteiger partial charge on any atom is 0.338 e. The summed E-state index contributed by atoms with van der Waals surface area (Å²) in [4.78, 5) is 21.2. The Labute approximate surface area is 203 Å². The van der Waals surface area contributed by atoms with E-state index < -0.39 is 70.3 Å². The Hall–Kier alpha value is -4.24. The number of nitrogens with one attached hydrogen (secondary N) is 2. The van der Waals surface area contributed by atoms with Crippen LogP contribution >= 0.6 is 0 Å². The molecule has 0 saturated heterocycles. The van der Waals surface area contributed by atoms with Crippen molar-refractivity contribution >= 4 is 43.4 Å². The molecule has 0 aliphatic rings. The molecule has 0 aromatic heterocycles. The van der Waals surface area contributed by atoms with Gasteiger partial charge in [-0.15, -0.1) is 0 Å². The smallest absolute Gasteiger partial charge is 0.338 e. The van der Waals surface area contributed by atoms with Gasteiger partial charge in [-0.2, -0.15) is 0 Å². The lowest BCUT2D eigenvalue weighted by Gasteiger charge is -2.14. The number of carboxylic acids is 2. The summed E-state index contributed by atoms with van der Waals surface area (Å²) in [6.07, 6.45) is 0. The van der Waals surface area contributed by atoms with E-state index in [-0.39, 0.29) is 11.4 Å². The lowest BCUT2D eigenvalue weighted by molar-refractivity contribution is 0.0680. The highest BCUT2D eigenvalue weighted by atomic mass is 32.2. The topological polar surface area (TPSA) is 176 Å². The zero-order valence-electron chi connectivity index (χ0n) is 18.0. The average Bonchev–Trinajstić information content (AvgIpc) is 2.80. The van der Waals surface area contributed by atoms with Gasteiger partial charge in [-0.3, -0.25) is 9.44 Å². The Bertz CT molecular complexity index is 1590. The van der Waals surface area contributed by atoms with Crippen molar-refractivity contribution in [2.75, 3.05) is 16.6 Å². The fourth-order valence-corrected chi connectivity index (χ4v) is 5.23. The molecule has 0 atom stereocenters. The van der Waals surface area contributed by atoms with Crippen LogP contribution < -0.4 is 14.2 Å². The van der Waals surface area contributed by atoms with Gasteiger partial charge in [0.2, 0.25) is 0 Å². The lowest BCUT2D eigenvalue weighted by atomic mass is 10.2. The van der Waals surface area contributed by atoms with E-state index in [2.05, 4.69) is 9.44 Å². The highest BCUT2D eigenvalue weighted by Gasteiger charge is 2.25. The minimum absolute atomic E-state index is 0.267. The number of hydrogen-bond acceptors (Lipinski definition) is 7. The summed E-state index contributed by atoms with van der Waals surface area (Å²) < 4.78 is 87.5. The molecule has 0 amide bonds. The van der Waals surface area contributed by atoms with Crippen molar-refractivity contribution in [1.82, 2.24) is 0 Å². The zero-order valence-corrected chi connectivity index (χ0v) is 19.7. The second kappa shape index (κ2) is 9.79. The first kappa shape index (κ1) is 26.4. The number of anilines is 2. The first-order valence-corrected chi connectivity index (χ1v) is 12.5. The van der Waals surface area contributed by atoms with Gasteiger partial charge in [0.25, 0.3) is 20.0 Å². The average molecular weight is 542 g/mol. The minimum Gasteiger partial charge on any atom is -0.495 e. The van der Waals surface area contributed by atoms with Crippen LogP contribution in [0.25, 0.3) is 0 Å². The summed E-state index contributed by atoms with van der Waals surface area (Å²) in [5, 5.41) is 18.0. The number of aromatic carboxylic acids is 2. The number of benzene rings is 3. The van der Waals surface area contributed by atoms with Gasteiger partial charge in [0.05, 0.1) is 23.1 Å². The Morgan fingerprint density at radius 2 is 1.22 bits per heavy atom. The SMILES string of the molecule is COc1cc(S(=O)(=O)Nc2ccc(F)c(C(=O)O)c2)ccc1S(=O)(=O)Nc1ccc(F)c(C(=O)O)c1. The van der Waals surface area contributed by atoms with Gasteiger partial charge < -0.3 is 14.9 Å². The fraction of sp³-hybridized carbons (Fsp3) is 0.0476. The van der Waals surface area contributed by atoms with Crippen molar-refractivity contribution < 1.29 is 50.2 Å². The van der Waals surface area contributed by atoms with Crippen LogP contribution in [0.5, 0.6) is 5.75 Å². The largest absolute Gasteiger partial charge is 0.495 e. The van der Waals surface area contributed by atoms with Gasteiger partial charge >= 0.3 is 11.9 Å². The number of halogens is 2. The van der Waals surface area contributed by atoms with Crippen molar-refractivity contribution in [3.8, 4) is 5.75 Å². The molecule has 3 rings (SSSR count). The number of methoxy groups -OCH3 is 1. The molecule has 0 spiro atoms. The van der Waals surface area contributed by atoms with E-state index in [4.69, 9.17) is 14.9 Å². The Balaban J connectivity index is 1.95. The molecule has 0 aliphatic carbocycles. The van der Waals surface area contributed by atoms with Crippen molar-refractivity contribution in [2.24, 2.45) is 0 Å². The quantitative estimate of drug-likeness (QED) is 0.317. The number of rotatable bonds is 9. The maximum absolute atomic E-state index is 13.6. The summed E-state index contributed by atoms with van der Waals surface area (Å²) in [5.74, 6) is -5.82. The summed E-state index contributed by atoms with van der Waals surface area (Å²) in [5.41, 5.74) is -2.09.